The van der Waals surface area contributed by atoms with Gasteiger partial charge in [0.15, 0.2) is 0 Å². The number of hydrogen-bond acceptors (Lipinski definition) is 1. The minimum Gasteiger partial charge on any atom is -0.306 e. The molecule has 4 heteroatoms. The molecule has 0 heterocycles. The number of nitrogens with one attached hydrogen (secondary N) is 1. The molecule has 100 valence electrons. The van der Waals surface area contributed by atoms with Gasteiger partial charge in [-0.3, -0.25) is 0 Å². The van der Waals surface area contributed by atoms with E-state index in [9.17, 15) is 8.78 Å². The molecular formula is C15H14BrF2N. The summed E-state index contributed by atoms with van der Waals surface area (Å²) in [7, 11) is 0. The Morgan fingerprint density at radius 1 is 1.11 bits per heavy atom. The first-order valence-corrected chi connectivity index (χ1v) is 6.78. The van der Waals surface area contributed by atoms with Gasteiger partial charge in [0.2, 0.25) is 0 Å². The van der Waals surface area contributed by atoms with Crippen molar-refractivity contribution in [1.29, 1.82) is 0 Å². The van der Waals surface area contributed by atoms with E-state index in [0.717, 1.165) is 11.1 Å². The van der Waals surface area contributed by atoms with Crippen molar-refractivity contribution in [3.8, 4) is 0 Å². The first-order chi connectivity index (χ1) is 9.06. The molecule has 0 saturated heterocycles. The Labute approximate surface area is 119 Å². The van der Waals surface area contributed by atoms with Crippen LogP contribution in [0.25, 0.3) is 0 Å². The zero-order valence-corrected chi connectivity index (χ0v) is 12.0. The summed E-state index contributed by atoms with van der Waals surface area (Å²) >= 11 is 3.17. The van der Waals surface area contributed by atoms with Crippen LogP contribution < -0.4 is 5.32 Å². The van der Waals surface area contributed by atoms with E-state index < -0.39 is 0 Å². The van der Waals surface area contributed by atoms with Crippen LogP contribution >= 0.6 is 15.9 Å². The zero-order valence-electron chi connectivity index (χ0n) is 10.5. The largest absolute Gasteiger partial charge is 0.306 e. The topological polar surface area (TPSA) is 12.0 Å². The predicted octanol–water partition coefficient (Wildman–Crippen LogP) is 4.58. The van der Waals surface area contributed by atoms with Crippen LogP contribution in [0.2, 0.25) is 0 Å². The van der Waals surface area contributed by atoms with Gasteiger partial charge in [-0.2, -0.15) is 0 Å². The molecule has 0 radical (unpaired) electrons. The van der Waals surface area contributed by atoms with E-state index in [-0.39, 0.29) is 17.7 Å². The molecule has 0 amide bonds. The molecule has 0 aliphatic carbocycles. The molecule has 2 rings (SSSR count). The van der Waals surface area contributed by atoms with Crippen LogP contribution in [0, 0.1) is 11.6 Å². The predicted molar refractivity (Wildman–Crippen MR) is 75.8 cm³/mol. The maximum Gasteiger partial charge on any atom is 0.137 e. The van der Waals surface area contributed by atoms with E-state index in [4.69, 9.17) is 0 Å². The van der Waals surface area contributed by atoms with Crippen molar-refractivity contribution in [1.82, 2.24) is 5.32 Å². The molecule has 19 heavy (non-hydrogen) atoms. The molecule has 0 bridgehead atoms. The Hall–Kier alpha value is -1.26. The van der Waals surface area contributed by atoms with Crippen molar-refractivity contribution in [2.75, 3.05) is 0 Å². The lowest BCUT2D eigenvalue weighted by molar-refractivity contribution is 0.568. The van der Waals surface area contributed by atoms with E-state index in [1.54, 1.807) is 24.3 Å². The molecule has 0 aromatic heterocycles. The summed E-state index contributed by atoms with van der Waals surface area (Å²) in [5, 5.41) is 3.32. The molecule has 0 aliphatic heterocycles. The Morgan fingerprint density at radius 3 is 2.42 bits per heavy atom. The lowest BCUT2D eigenvalue weighted by atomic mass is 10.1. The fourth-order valence-corrected chi connectivity index (χ4v) is 2.17. The van der Waals surface area contributed by atoms with E-state index in [1.807, 2.05) is 6.92 Å². The van der Waals surface area contributed by atoms with Gasteiger partial charge in [-0.25, -0.2) is 8.78 Å². The summed E-state index contributed by atoms with van der Waals surface area (Å²) in [4.78, 5) is 0. The fraction of sp³-hybridized carbons (Fsp3) is 0.200. The molecule has 2 aromatic carbocycles. The van der Waals surface area contributed by atoms with Gasteiger partial charge in [0.05, 0.1) is 4.47 Å². The van der Waals surface area contributed by atoms with Gasteiger partial charge >= 0.3 is 0 Å². The average molecular weight is 326 g/mol. The summed E-state index contributed by atoms with van der Waals surface area (Å²) in [5.41, 5.74) is 2.00. The van der Waals surface area contributed by atoms with Crippen LogP contribution in [-0.2, 0) is 6.54 Å². The average Bonchev–Trinajstić information content (AvgIpc) is 2.41. The summed E-state index contributed by atoms with van der Waals surface area (Å²) in [5.74, 6) is -0.506. The quantitative estimate of drug-likeness (QED) is 0.867. The van der Waals surface area contributed by atoms with Crippen molar-refractivity contribution >= 4 is 15.9 Å². The van der Waals surface area contributed by atoms with Gasteiger partial charge < -0.3 is 5.32 Å². The second-order valence-corrected chi connectivity index (χ2v) is 5.26. The van der Waals surface area contributed by atoms with Crippen molar-refractivity contribution in [3.63, 3.8) is 0 Å². The standard InChI is InChI=1S/C15H14BrF2N/c1-10(12-4-7-15(18)14(16)8-12)19-9-11-2-5-13(17)6-3-11/h2-8,10,19H,9H2,1H3. The molecule has 1 N–H and O–H groups in total. The molecule has 1 unspecified atom stereocenters. The van der Waals surface area contributed by atoms with Gasteiger partial charge in [-0.05, 0) is 58.2 Å². The van der Waals surface area contributed by atoms with Crippen molar-refractivity contribution < 1.29 is 8.78 Å². The Kier molecular flexibility index (Phi) is 4.66. The highest BCUT2D eigenvalue weighted by molar-refractivity contribution is 9.10. The minimum atomic E-state index is -0.269. The summed E-state index contributed by atoms with van der Waals surface area (Å²) in [6.07, 6.45) is 0. The lowest BCUT2D eigenvalue weighted by Gasteiger charge is -2.15. The van der Waals surface area contributed by atoms with Crippen LogP contribution in [0.4, 0.5) is 8.78 Å². The molecule has 0 spiro atoms. The van der Waals surface area contributed by atoms with Crippen LogP contribution in [0.5, 0.6) is 0 Å². The van der Waals surface area contributed by atoms with Gasteiger partial charge in [-0.1, -0.05) is 18.2 Å². The maximum absolute atomic E-state index is 13.1. The highest BCUT2D eigenvalue weighted by Gasteiger charge is 2.07. The third-order valence-electron chi connectivity index (χ3n) is 2.97. The third kappa shape index (κ3) is 3.85. The van der Waals surface area contributed by atoms with Crippen molar-refractivity contribution in [2.45, 2.75) is 19.5 Å². The summed E-state index contributed by atoms with van der Waals surface area (Å²) in [6, 6.07) is 11.4. The first kappa shape index (κ1) is 14.2. The molecule has 1 atom stereocenters. The SMILES string of the molecule is CC(NCc1ccc(F)cc1)c1ccc(F)c(Br)c1. The fourth-order valence-electron chi connectivity index (χ4n) is 1.77. The highest BCUT2D eigenvalue weighted by Crippen LogP contribution is 2.21. The first-order valence-electron chi connectivity index (χ1n) is 5.99. The van der Waals surface area contributed by atoms with Crippen LogP contribution in [0.3, 0.4) is 0 Å². The van der Waals surface area contributed by atoms with E-state index >= 15 is 0 Å². The molecular weight excluding hydrogens is 312 g/mol. The lowest BCUT2D eigenvalue weighted by Crippen LogP contribution is -2.18. The van der Waals surface area contributed by atoms with Gasteiger partial charge in [-0.15, -0.1) is 0 Å². The summed E-state index contributed by atoms with van der Waals surface area (Å²) in [6.45, 7) is 2.64. The molecule has 2 aromatic rings. The van der Waals surface area contributed by atoms with E-state index in [0.29, 0.717) is 11.0 Å². The molecule has 0 saturated carbocycles. The summed E-state index contributed by atoms with van der Waals surface area (Å²) < 4.78 is 26.4. The monoisotopic (exact) mass is 325 g/mol. The van der Waals surface area contributed by atoms with Crippen LogP contribution in [0.1, 0.15) is 24.1 Å². The van der Waals surface area contributed by atoms with Gasteiger partial charge in [0.1, 0.15) is 11.6 Å². The van der Waals surface area contributed by atoms with E-state index in [1.165, 1.54) is 18.2 Å². The van der Waals surface area contributed by atoms with Crippen LogP contribution in [-0.4, -0.2) is 0 Å². The Bertz CT molecular complexity index is 555. The molecule has 0 aliphatic rings. The van der Waals surface area contributed by atoms with E-state index in [2.05, 4.69) is 21.2 Å². The smallest absolute Gasteiger partial charge is 0.137 e. The second-order valence-electron chi connectivity index (χ2n) is 4.40. The van der Waals surface area contributed by atoms with Crippen molar-refractivity contribution in [2.24, 2.45) is 0 Å². The van der Waals surface area contributed by atoms with Crippen LogP contribution in [0.15, 0.2) is 46.9 Å². The third-order valence-corrected chi connectivity index (χ3v) is 3.58. The van der Waals surface area contributed by atoms with Gasteiger partial charge in [0.25, 0.3) is 0 Å². The molecule has 1 nitrogen and oxygen atoms in total. The normalized spacial score (nSPS) is 12.4. The number of halogens is 3. The van der Waals surface area contributed by atoms with Gasteiger partial charge in [0, 0.05) is 12.6 Å². The number of hydrogen-bond donors (Lipinski definition) is 1. The number of rotatable bonds is 4. The number of benzene rings is 2. The minimum absolute atomic E-state index is 0.0851. The van der Waals surface area contributed by atoms with Crippen molar-refractivity contribution in [3.05, 3.63) is 69.7 Å². The second kappa shape index (κ2) is 6.26. The zero-order chi connectivity index (χ0) is 13.8. The Balaban J connectivity index is 1.98. The molecule has 0 fully saturated rings. The highest BCUT2D eigenvalue weighted by atomic mass is 79.9. The maximum atomic E-state index is 13.1. The Morgan fingerprint density at radius 2 is 1.79 bits per heavy atom.